The summed E-state index contributed by atoms with van der Waals surface area (Å²) in [6, 6.07) is 4.10. The number of hydrogen-bond acceptors (Lipinski definition) is 5. The third kappa shape index (κ3) is 3.29. The van der Waals surface area contributed by atoms with E-state index in [1.807, 2.05) is 6.07 Å². The van der Waals surface area contributed by atoms with Gasteiger partial charge in [0.05, 0.1) is 9.75 Å². The number of rotatable bonds is 4. The highest BCUT2D eigenvalue weighted by molar-refractivity contribution is 7.16. The zero-order valence-corrected chi connectivity index (χ0v) is 14.9. The minimum atomic E-state index is -0.0923. The van der Waals surface area contributed by atoms with Crippen molar-refractivity contribution in [3.63, 3.8) is 0 Å². The number of piperazine rings is 1. The maximum absolute atomic E-state index is 12.0. The number of hydrogen-bond donors (Lipinski definition) is 0. The van der Waals surface area contributed by atoms with Crippen molar-refractivity contribution >= 4 is 28.9 Å². The first-order chi connectivity index (χ1) is 11.1. The lowest BCUT2D eigenvalue weighted by molar-refractivity contribution is -0.152. The van der Waals surface area contributed by atoms with Gasteiger partial charge in [0.1, 0.15) is 6.10 Å². The Morgan fingerprint density at radius 3 is 2.52 bits per heavy atom. The average molecular weight is 355 g/mol. The van der Waals surface area contributed by atoms with E-state index < -0.39 is 0 Å². The molecule has 3 fully saturated rings. The molecule has 1 saturated carbocycles. The zero-order valence-electron chi connectivity index (χ0n) is 13.3. The van der Waals surface area contributed by atoms with E-state index in [4.69, 9.17) is 16.3 Å². The van der Waals surface area contributed by atoms with Gasteiger partial charge in [-0.05, 0) is 25.0 Å². The van der Waals surface area contributed by atoms with Crippen LogP contribution >= 0.6 is 22.9 Å². The van der Waals surface area contributed by atoms with E-state index in [1.165, 1.54) is 11.3 Å². The third-order valence-electron chi connectivity index (χ3n) is 5.57. The molecule has 0 aromatic carbocycles. The van der Waals surface area contributed by atoms with Crippen LogP contribution < -0.4 is 0 Å². The fraction of sp³-hybridized carbons (Fsp3) is 0.706. The van der Waals surface area contributed by atoms with E-state index in [1.54, 1.807) is 11.3 Å². The molecule has 3 heterocycles. The van der Waals surface area contributed by atoms with Gasteiger partial charge in [-0.25, -0.2) is 0 Å². The molecule has 4 rings (SSSR count). The summed E-state index contributed by atoms with van der Waals surface area (Å²) in [5.41, 5.74) is -0.0923. The Morgan fingerprint density at radius 2 is 1.96 bits per heavy atom. The second-order valence-electron chi connectivity index (χ2n) is 7.15. The van der Waals surface area contributed by atoms with Gasteiger partial charge in [-0.3, -0.25) is 14.6 Å². The lowest BCUT2D eigenvalue weighted by Crippen LogP contribution is -2.48. The molecule has 23 heavy (non-hydrogen) atoms. The van der Waals surface area contributed by atoms with Gasteiger partial charge < -0.3 is 4.74 Å². The van der Waals surface area contributed by atoms with E-state index in [2.05, 4.69) is 15.9 Å². The Hall–Kier alpha value is -0.620. The highest BCUT2D eigenvalue weighted by Crippen LogP contribution is 2.50. The van der Waals surface area contributed by atoms with Crippen molar-refractivity contribution in [2.45, 2.75) is 38.3 Å². The Morgan fingerprint density at radius 1 is 1.22 bits per heavy atom. The lowest BCUT2D eigenvalue weighted by atomic mass is 9.67. The van der Waals surface area contributed by atoms with Crippen LogP contribution in [0.25, 0.3) is 0 Å². The van der Waals surface area contributed by atoms with Crippen LogP contribution in [0.15, 0.2) is 12.1 Å². The van der Waals surface area contributed by atoms with Crippen molar-refractivity contribution in [3.05, 3.63) is 21.3 Å². The van der Waals surface area contributed by atoms with E-state index >= 15 is 0 Å². The molecule has 1 atom stereocenters. The minimum absolute atomic E-state index is 0.0713. The summed E-state index contributed by atoms with van der Waals surface area (Å²) in [7, 11) is 0. The maximum atomic E-state index is 12.0. The van der Waals surface area contributed by atoms with Gasteiger partial charge in [0.15, 0.2) is 0 Å². The van der Waals surface area contributed by atoms with E-state index in [0.29, 0.717) is 0 Å². The molecule has 0 bridgehead atoms. The van der Waals surface area contributed by atoms with Crippen molar-refractivity contribution in [1.82, 2.24) is 9.80 Å². The average Bonchev–Trinajstić information content (AvgIpc) is 3.04. The number of cyclic esters (lactones) is 1. The van der Waals surface area contributed by atoms with Gasteiger partial charge in [-0.1, -0.05) is 18.0 Å². The molecule has 1 aliphatic carbocycles. The second kappa shape index (κ2) is 6.36. The van der Waals surface area contributed by atoms with Crippen molar-refractivity contribution < 1.29 is 9.53 Å². The molecule has 0 N–H and O–H groups in total. The monoisotopic (exact) mass is 354 g/mol. The van der Waals surface area contributed by atoms with Crippen LogP contribution in [0.4, 0.5) is 0 Å². The maximum Gasteiger partial charge on any atom is 0.312 e. The van der Waals surface area contributed by atoms with Gasteiger partial charge in [0.2, 0.25) is 0 Å². The number of ether oxygens (including phenoxy) is 1. The third-order valence-corrected chi connectivity index (χ3v) is 6.79. The number of esters is 1. The summed E-state index contributed by atoms with van der Waals surface area (Å²) in [5, 5.41) is 0. The summed E-state index contributed by atoms with van der Waals surface area (Å²) < 4.78 is 6.51. The number of carbonyl (C=O) groups excluding carboxylic acids is 1. The van der Waals surface area contributed by atoms with Crippen molar-refractivity contribution in [1.29, 1.82) is 0 Å². The zero-order chi connectivity index (χ0) is 15.9. The topological polar surface area (TPSA) is 32.8 Å². The molecule has 0 radical (unpaired) electrons. The molecule has 2 aliphatic heterocycles. The summed E-state index contributed by atoms with van der Waals surface area (Å²) in [6.45, 7) is 6.15. The minimum Gasteiger partial charge on any atom is -0.461 e. The molecular weight excluding hydrogens is 332 g/mol. The number of halogens is 1. The molecule has 2 saturated heterocycles. The van der Waals surface area contributed by atoms with Crippen LogP contribution in [0.5, 0.6) is 0 Å². The first-order valence-electron chi connectivity index (χ1n) is 8.53. The largest absolute Gasteiger partial charge is 0.461 e. The summed E-state index contributed by atoms with van der Waals surface area (Å²) in [5.74, 6) is 0.0713. The fourth-order valence-electron chi connectivity index (χ4n) is 4.03. The molecule has 1 aromatic rings. The van der Waals surface area contributed by atoms with Crippen LogP contribution in [0.1, 0.15) is 30.6 Å². The first kappa shape index (κ1) is 15.9. The molecule has 1 spiro atoms. The molecule has 4 nitrogen and oxygen atoms in total. The van der Waals surface area contributed by atoms with Gasteiger partial charge in [0.25, 0.3) is 0 Å². The van der Waals surface area contributed by atoms with Crippen molar-refractivity contribution in [2.24, 2.45) is 5.41 Å². The Bertz CT molecular complexity index is 579. The SMILES string of the molecule is O=C1OC(CN2CCN(Cc3ccc(Cl)s3)CC2)CC12CCC2. The Labute approximate surface area is 146 Å². The highest BCUT2D eigenvalue weighted by Gasteiger charge is 2.52. The second-order valence-corrected chi connectivity index (χ2v) is 8.95. The number of thiophene rings is 1. The van der Waals surface area contributed by atoms with Crippen molar-refractivity contribution in [3.8, 4) is 0 Å². The normalized spacial score (nSPS) is 28.0. The Kier molecular flexibility index (Phi) is 4.39. The number of nitrogens with zero attached hydrogens (tertiary/aromatic N) is 2. The van der Waals surface area contributed by atoms with Crippen LogP contribution in [-0.2, 0) is 16.1 Å². The fourth-order valence-corrected chi connectivity index (χ4v) is 5.16. The summed E-state index contributed by atoms with van der Waals surface area (Å²) in [4.78, 5) is 18.3. The highest BCUT2D eigenvalue weighted by atomic mass is 35.5. The standard InChI is InChI=1S/C17H23ClN2O2S/c18-15-3-2-14(23-15)12-20-8-6-19(7-9-20)11-13-10-17(4-1-5-17)16(21)22-13/h2-3,13H,1,4-12H2. The molecular formula is C17H23ClN2O2S. The van der Waals surface area contributed by atoms with Gasteiger partial charge in [-0.2, -0.15) is 0 Å². The lowest BCUT2D eigenvalue weighted by Gasteiger charge is -2.36. The molecule has 1 unspecified atom stereocenters. The summed E-state index contributed by atoms with van der Waals surface area (Å²) >= 11 is 7.67. The van der Waals surface area contributed by atoms with Gasteiger partial charge in [-0.15, -0.1) is 11.3 Å². The van der Waals surface area contributed by atoms with Crippen LogP contribution in [0, 0.1) is 5.41 Å². The predicted octanol–water partition coefficient (Wildman–Crippen LogP) is 3.00. The molecule has 3 aliphatic rings. The predicted molar refractivity (Wildman–Crippen MR) is 91.8 cm³/mol. The molecule has 0 amide bonds. The smallest absolute Gasteiger partial charge is 0.312 e. The molecule has 126 valence electrons. The van der Waals surface area contributed by atoms with E-state index in [0.717, 1.165) is 62.9 Å². The van der Waals surface area contributed by atoms with Crippen LogP contribution in [0.2, 0.25) is 4.34 Å². The number of carbonyl (C=O) groups is 1. The van der Waals surface area contributed by atoms with E-state index in [-0.39, 0.29) is 17.5 Å². The van der Waals surface area contributed by atoms with E-state index in [9.17, 15) is 4.79 Å². The summed E-state index contributed by atoms with van der Waals surface area (Å²) in [6.07, 6.45) is 4.33. The van der Waals surface area contributed by atoms with Crippen molar-refractivity contribution in [2.75, 3.05) is 32.7 Å². The Balaban J connectivity index is 1.23. The first-order valence-corrected chi connectivity index (χ1v) is 9.72. The molecule has 1 aromatic heterocycles. The van der Waals surface area contributed by atoms with Gasteiger partial charge in [0, 0.05) is 50.6 Å². The van der Waals surface area contributed by atoms with Crippen LogP contribution in [-0.4, -0.2) is 54.6 Å². The van der Waals surface area contributed by atoms with Crippen LogP contribution in [0.3, 0.4) is 0 Å². The van der Waals surface area contributed by atoms with Gasteiger partial charge >= 0.3 is 5.97 Å². The quantitative estimate of drug-likeness (QED) is 0.778. The molecule has 6 heteroatoms.